The van der Waals surface area contributed by atoms with E-state index in [2.05, 4.69) is 5.10 Å². The lowest BCUT2D eigenvalue weighted by Crippen LogP contribution is -2.39. The summed E-state index contributed by atoms with van der Waals surface area (Å²) in [4.78, 5) is 29.3. The van der Waals surface area contributed by atoms with E-state index in [1.807, 2.05) is 24.3 Å². The maximum absolute atomic E-state index is 13.6. The van der Waals surface area contributed by atoms with Crippen molar-refractivity contribution in [1.29, 1.82) is 5.41 Å². The zero-order chi connectivity index (χ0) is 23.8. The summed E-state index contributed by atoms with van der Waals surface area (Å²) in [5, 5.41) is 23.9. The van der Waals surface area contributed by atoms with Crippen LogP contribution < -0.4 is 19.6 Å². The maximum atomic E-state index is 13.6. The summed E-state index contributed by atoms with van der Waals surface area (Å²) in [6.07, 6.45) is 2.86. The molecule has 2 amide bonds. The van der Waals surface area contributed by atoms with Crippen molar-refractivity contribution in [2.45, 2.75) is 25.7 Å². The van der Waals surface area contributed by atoms with Gasteiger partial charge in [-0.2, -0.15) is 5.10 Å². The lowest BCUT2D eigenvalue weighted by molar-refractivity contribution is -0.215. The van der Waals surface area contributed by atoms with E-state index >= 15 is 0 Å². The first-order chi connectivity index (χ1) is 16.5. The Morgan fingerprint density at radius 1 is 0.912 bits per heavy atom. The quantitative estimate of drug-likeness (QED) is 0.465. The third-order valence-electron chi connectivity index (χ3n) is 6.35. The van der Waals surface area contributed by atoms with E-state index in [1.165, 1.54) is 4.68 Å². The second-order valence-electron chi connectivity index (χ2n) is 8.34. The molecule has 0 saturated carbocycles. The minimum absolute atomic E-state index is 0.00206. The summed E-state index contributed by atoms with van der Waals surface area (Å²) in [6.45, 7) is 1.07. The van der Waals surface area contributed by atoms with Gasteiger partial charge in [0.15, 0.2) is 0 Å². The van der Waals surface area contributed by atoms with Crippen LogP contribution in [0.1, 0.15) is 41.0 Å². The fourth-order valence-electron chi connectivity index (χ4n) is 4.59. The van der Waals surface area contributed by atoms with Crippen molar-refractivity contribution in [2.24, 2.45) is 0 Å². The number of nitrogens with zero attached hydrogens (tertiary/aromatic N) is 4. The van der Waals surface area contributed by atoms with Crippen LogP contribution in [0.25, 0.3) is 5.69 Å². The van der Waals surface area contributed by atoms with Crippen LogP contribution in [-0.4, -0.2) is 47.7 Å². The number of anilines is 2. The summed E-state index contributed by atoms with van der Waals surface area (Å²) < 4.78 is 6.64. The maximum Gasteiger partial charge on any atom is 0.277 e. The van der Waals surface area contributed by atoms with Crippen LogP contribution in [0.4, 0.5) is 11.4 Å². The largest absolute Gasteiger partial charge is 0.858 e. The second-order valence-corrected chi connectivity index (χ2v) is 8.34. The van der Waals surface area contributed by atoms with Crippen molar-refractivity contribution in [1.82, 2.24) is 9.78 Å². The Hall–Kier alpha value is -4.14. The number of fused-ring (bicyclic) bond motifs is 1. The molecule has 0 radical (unpaired) electrons. The molecule has 0 bridgehead atoms. The molecule has 1 aromatic heterocycles. The predicted molar refractivity (Wildman–Crippen MR) is 125 cm³/mol. The SMILES string of the molecule is COc1ccc(-n2nc(C(=N)[O-])c3c2C(=O)N(c2ccc(N4CCCCC4=O)cc2)CC3)cc1. The highest BCUT2D eigenvalue weighted by Crippen LogP contribution is 2.31. The molecule has 1 saturated heterocycles. The predicted octanol–water partition coefficient (Wildman–Crippen LogP) is 2.29. The highest BCUT2D eigenvalue weighted by Gasteiger charge is 2.33. The van der Waals surface area contributed by atoms with Crippen molar-refractivity contribution in [3.8, 4) is 11.4 Å². The molecule has 0 unspecified atom stereocenters. The molecule has 1 fully saturated rings. The number of rotatable bonds is 5. The fraction of sp³-hybridized carbons (Fsp3) is 0.280. The summed E-state index contributed by atoms with van der Waals surface area (Å²) >= 11 is 0. The van der Waals surface area contributed by atoms with E-state index in [9.17, 15) is 14.7 Å². The molecular weight excluding hydrogens is 434 g/mol. The van der Waals surface area contributed by atoms with Crippen LogP contribution >= 0.6 is 0 Å². The Labute approximate surface area is 196 Å². The molecule has 174 valence electrons. The normalized spacial score (nSPS) is 15.9. The van der Waals surface area contributed by atoms with Crippen LogP contribution in [0, 0.1) is 5.41 Å². The van der Waals surface area contributed by atoms with Crippen LogP contribution in [0.15, 0.2) is 48.5 Å². The van der Waals surface area contributed by atoms with Crippen molar-refractivity contribution in [3.63, 3.8) is 0 Å². The third-order valence-corrected chi connectivity index (χ3v) is 6.35. The highest BCUT2D eigenvalue weighted by atomic mass is 16.5. The number of piperidine rings is 1. The van der Waals surface area contributed by atoms with Crippen molar-refractivity contribution < 1.29 is 19.4 Å². The number of aromatic nitrogens is 2. The fourth-order valence-corrected chi connectivity index (χ4v) is 4.59. The van der Waals surface area contributed by atoms with Gasteiger partial charge in [-0.3, -0.25) is 9.59 Å². The minimum Gasteiger partial charge on any atom is -0.858 e. The van der Waals surface area contributed by atoms with E-state index in [4.69, 9.17) is 10.1 Å². The van der Waals surface area contributed by atoms with Crippen molar-refractivity contribution >= 4 is 29.1 Å². The molecule has 9 nitrogen and oxygen atoms in total. The van der Waals surface area contributed by atoms with E-state index in [0.29, 0.717) is 48.6 Å². The van der Waals surface area contributed by atoms with Gasteiger partial charge in [0.1, 0.15) is 11.4 Å². The topological polar surface area (TPSA) is 115 Å². The summed E-state index contributed by atoms with van der Waals surface area (Å²) in [7, 11) is 1.56. The Morgan fingerprint density at radius 3 is 2.18 bits per heavy atom. The average molecular weight is 458 g/mol. The zero-order valence-corrected chi connectivity index (χ0v) is 18.8. The molecule has 0 atom stereocenters. The second kappa shape index (κ2) is 8.66. The number of carbonyl (C=O) groups excluding carboxylic acids is 2. The Balaban J connectivity index is 1.49. The van der Waals surface area contributed by atoms with Gasteiger partial charge in [-0.1, -0.05) is 0 Å². The molecular formula is C25H24N5O4-. The first-order valence-electron chi connectivity index (χ1n) is 11.2. The summed E-state index contributed by atoms with van der Waals surface area (Å²) in [5.74, 6) is -0.436. The molecule has 2 aromatic carbocycles. The number of methoxy groups -OCH3 is 1. The van der Waals surface area contributed by atoms with Crippen LogP contribution in [-0.2, 0) is 11.2 Å². The molecule has 34 heavy (non-hydrogen) atoms. The highest BCUT2D eigenvalue weighted by molar-refractivity contribution is 6.09. The van der Waals surface area contributed by atoms with Gasteiger partial charge in [0.2, 0.25) is 5.91 Å². The van der Waals surface area contributed by atoms with E-state index in [0.717, 1.165) is 18.5 Å². The Kier molecular flexibility index (Phi) is 5.53. The Morgan fingerprint density at radius 2 is 1.56 bits per heavy atom. The average Bonchev–Trinajstić information content (AvgIpc) is 3.26. The molecule has 0 spiro atoms. The van der Waals surface area contributed by atoms with E-state index < -0.39 is 5.90 Å². The minimum atomic E-state index is -0.916. The molecule has 2 aliphatic rings. The number of carbonyl (C=O) groups is 2. The molecule has 1 N–H and O–H groups in total. The number of nitrogens with one attached hydrogen (secondary N) is 1. The van der Waals surface area contributed by atoms with Gasteiger partial charge in [0, 0.05) is 42.3 Å². The van der Waals surface area contributed by atoms with Gasteiger partial charge in [0.05, 0.1) is 18.5 Å². The zero-order valence-electron chi connectivity index (χ0n) is 18.8. The standard InChI is InChI=1S/C25H25N5O4/c1-34-19-11-9-18(10-12-19)30-23-20(22(27-30)24(26)32)13-15-29(25(23)33)17-7-5-16(6-8-17)28-14-3-2-4-21(28)31/h5-12H,2-4,13-15H2,1H3,(H2,26,32)/p-1. The van der Waals surface area contributed by atoms with Gasteiger partial charge in [-0.05, 0) is 67.8 Å². The molecule has 5 rings (SSSR count). The molecule has 3 aromatic rings. The van der Waals surface area contributed by atoms with Crippen molar-refractivity contribution in [3.05, 3.63) is 65.5 Å². The van der Waals surface area contributed by atoms with Gasteiger partial charge in [-0.15, -0.1) is 0 Å². The molecule has 9 heteroatoms. The number of benzene rings is 2. The molecule has 3 heterocycles. The lowest BCUT2D eigenvalue weighted by atomic mass is 10.0. The van der Waals surface area contributed by atoms with Crippen LogP contribution in [0.5, 0.6) is 5.75 Å². The monoisotopic (exact) mass is 458 g/mol. The van der Waals surface area contributed by atoms with Gasteiger partial charge >= 0.3 is 0 Å². The number of amides is 2. The number of ether oxygens (including phenoxy) is 1. The van der Waals surface area contributed by atoms with E-state index in [1.54, 1.807) is 41.2 Å². The van der Waals surface area contributed by atoms with Crippen molar-refractivity contribution in [2.75, 3.05) is 30.0 Å². The smallest absolute Gasteiger partial charge is 0.277 e. The Bertz CT molecular complexity index is 1260. The van der Waals surface area contributed by atoms with Gasteiger partial charge in [-0.25, -0.2) is 4.68 Å². The number of hydrogen-bond donors (Lipinski definition) is 1. The summed E-state index contributed by atoms with van der Waals surface area (Å²) in [5.41, 5.74) is 2.89. The van der Waals surface area contributed by atoms with E-state index in [-0.39, 0.29) is 23.2 Å². The van der Waals surface area contributed by atoms with Gasteiger partial charge < -0.3 is 25.1 Å². The van der Waals surface area contributed by atoms with Crippen LogP contribution in [0.3, 0.4) is 0 Å². The third kappa shape index (κ3) is 3.68. The summed E-state index contributed by atoms with van der Waals surface area (Å²) in [6, 6.07) is 14.4. The first kappa shape index (κ1) is 21.7. The molecule has 2 aliphatic heterocycles. The lowest BCUT2D eigenvalue weighted by Gasteiger charge is -2.30. The van der Waals surface area contributed by atoms with Gasteiger partial charge in [0.25, 0.3) is 5.91 Å². The van der Waals surface area contributed by atoms with Crippen LogP contribution in [0.2, 0.25) is 0 Å². The number of hydrogen-bond acceptors (Lipinski definition) is 6. The molecule has 0 aliphatic carbocycles. The first-order valence-corrected chi connectivity index (χ1v) is 11.2.